The van der Waals surface area contributed by atoms with E-state index in [9.17, 15) is 10.1 Å². The van der Waals surface area contributed by atoms with E-state index in [1.807, 2.05) is 31.2 Å². The molecule has 1 aromatic rings. The first-order valence-corrected chi connectivity index (χ1v) is 6.64. The Morgan fingerprint density at radius 1 is 1.53 bits per heavy atom. The van der Waals surface area contributed by atoms with Crippen molar-refractivity contribution in [2.75, 3.05) is 7.11 Å². The van der Waals surface area contributed by atoms with E-state index in [0.29, 0.717) is 6.42 Å². The van der Waals surface area contributed by atoms with Gasteiger partial charge >= 0.3 is 0 Å². The van der Waals surface area contributed by atoms with Crippen LogP contribution in [0.2, 0.25) is 0 Å². The Labute approximate surface area is 114 Å². The van der Waals surface area contributed by atoms with Crippen molar-refractivity contribution in [3.8, 4) is 6.07 Å². The number of rotatable bonds is 5. The van der Waals surface area contributed by atoms with Crippen LogP contribution in [0.25, 0.3) is 0 Å². The van der Waals surface area contributed by atoms with Gasteiger partial charge in [0.2, 0.25) is 0 Å². The third kappa shape index (κ3) is 2.85. The van der Waals surface area contributed by atoms with Crippen LogP contribution >= 0.6 is 0 Å². The van der Waals surface area contributed by atoms with Crippen molar-refractivity contribution in [2.45, 2.75) is 44.1 Å². The van der Waals surface area contributed by atoms with E-state index in [-0.39, 0.29) is 11.4 Å². The quantitative estimate of drug-likeness (QED) is 0.814. The number of nitrogens with zero attached hydrogens (tertiary/aromatic N) is 1. The van der Waals surface area contributed by atoms with E-state index < -0.39 is 5.92 Å². The van der Waals surface area contributed by atoms with Gasteiger partial charge in [-0.2, -0.15) is 5.26 Å². The van der Waals surface area contributed by atoms with Gasteiger partial charge < -0.3 is 4.74 Å². The van der Waals surface area contributed by atoms with Crippen LogP contribution in [0.1, 0.15) is 42.7 Å². The number of hydrogen-bond donors (Lipinski definition) is 0. The van der Waals surface area contributed by atoms with Crippen LogP contribution in [0.5, 0.6) is 0 Å². The maximum Gasteiger partial charge on any atom is 0.157 e. The summed E-state index contributed by atoms with van der Waals surface area (Å²) >= 11 is 0. The predicted molar refractivity (Wildman–Crippen MR) is 72.7 cm³/mol. The summed E-state index contributed by atoms with van der Waals surface area (Å²) in [5.74, 6) is -0.706. The van der Waals surface area contributed by atoms with Gasteiger partial charge in [0.25, 0.3) is 0 Å². The Kier molecular flexibility index (Phi) is 4.01. The molecule has 0 saturated heterocycles. The monoisotopic (exact) mass is 257 g/mol. The highest BCUT2D eigenvalue weighted by Gasteiger charge is 2.40. The van der Waals surface area contributed by atoms with Gasteiger partial charge in [-0.05, 0) is 31.7 Å². The van der Waals surface area contributed by atoms with E-state index in [1.54, 1.807) is 7.11 Å². The van der Waals surface area contributed by atoms with Crippen LogP contribution in [0.15, 0.2) is 24.3 Å². The van der Waals surface area contributed by atoms with Crippen LogP contribution in [0, 0.1) is 18.3 Å². The summed E-state index contributed by atoms with van der Waals surface area (Å²) in [5.41, 5.74) is 1.55. The van der Waals surface area contributed by atoms with E-state index in [4.69, 9.17) is 4.74 Å². The molecule has 3 nitrogen and oxygen atoms in total. The lowest BCUT2D eigenvalue weighted by molar-refractivity contribution is -0.132. The number of carbonyl (C=O) groups excluding carboxylic acids is 1. The minimum atomic E-state index is -0.674. The van der Waals surface area contributed by atoms with Crippen LogP contribution in [0.3, 0.4) is 0 Å². The molecule has 0 bridgehead atoms. The van der Waals surface area contributed by atoms with Crippen molar-refractivity contribution in [1.82, 2.24) is 0 Å². The molecule has 19 heavy (non-hydrogen) atoms. The summed E-state index contributed by atoms with van der Waals surface area (Å²) in [6, 6.07) is 9.74. The number of ketones is 1. The van der Waals surface area contributed by atoms with E-state index in [1.165, 1.54) is 0 Å². The third-order valence-electron chi connectivity index (χ3n) is 4.02. The zero-order valence-corrected chi connectivity index (χ0v) is 11.5. The molecule has 0 spiro atoms. The molecule has 0 heterocycles. The number of nitriles is 1. The first-order chi connectivity index (χ1) is 9.10. The Morgan fingerprint density at radius 2 is 2.26 bits per heavy atom. The van der Waals surface area contributed by atoms with Gasteiger partial charge in [0.1, 0.15) is 5.92 Å². The molecule has 0 N–H and O–H groups in total. The van der Waals surface area contributed by atoms with Crippen LogP contribution in [-0.4, -0.2) is 18.5 Å². The van der Waals surface area contributed by atoms with Crippen LogP contribution < -0.4 is 0 Å². The van der Waals surface area contributed by atoms with E-state index in [2.05, 4.69) is 6.07 Å². The Morgan fingerprint density at radius 3 is 2.74 bits per heavy atom. The van der Waals surface area contributed by atoms with Gasteiger partial charge in [-0.25, -0.2) is 0 Å². The highest BCUT2D eigenvalue weighted by atomic mass is 16.5. The second kappa shape index (κ2) is 5.54. The number of Topliss-reactive ketones (excluding diaryl/α,β-unsaturated/α-hetero) is 1. The van der Waals surface area contributed by atoms with Crippen molar-refractivity contribution in [3.05, 3.63) is 35.4 Å². The summed E-state index contributed by atoms with van der Waals surface area (Å²) in [6.45, 7) is 1.96. The van der Waals surface area contributed by atoms with Crippen molar-refractivity contribution in [3.63, 3.8) is 0 Å². The Bertz CT molecular complexity index is 506. The molecular weight excluding hydrogens is 238 g/mol. The predicted octanol–water partition coefficient (Wildman–Crippen LogP) is 3.13. The topological polar surface area (TPSA) is 50.1 Å². The minimum absolute atomic E-state index is 0.0327. The molecule has 1 saturated carbocycles. The van der Waals surface area contributed by atoms with Crippen molar-refractivity contribution in [1.29, 1.82) is 5.26 Å². The highest BCUT2D eigenvalue weighted by Crippen LogP contribution is 2.39. The van der Waals surface area contributed by atoms with E-state index in [0.717, 1.165) is 30.4 Å². The van der Waals surface area contributed by atoms with Gasteiger partial charge in [-0.1, -0.05) is 29.8 Å². The van der Waals surface area contributed by atoms with E-state index >= 15 is 0 Å². The number of benzene rings is 1. The average Bonchev–Trinajstić information content (AvgIpc) is 2.35. The zero-order valence-electron chi connectivity index (χ0n) is 11.5. The second-order valence-electron chi connectivity index (χ2n) is 5.36. The molecule has 100 valence electrons. The lowest BCUT2D eigenvalue weighted by Crippen LogP contribution is -2.42. The molecule has 1 unspecified atom stereocenters. The highest BCUT2D eigenvalue weighted by molar-refractivity contribution is 5.89. The molecule has 1 aliphatic carbocycles. The normalized spacial score (nSPS) is 18.2. The molecular formula is C16H19NO2. The molecule has 1 fully saturated rings. The molecule has 0 aromatic heterocycles. The summed E-state index contributed by atoms with van der Waals surface area (Å²) in [4.78, 5) is 12.4. The average molecular weight is 257 g/mol. The van der Waals surface area contributed by atoms with Crippen molar-refractivity contribution < 1.29 is 9.53 Å². The van der Waals surface area contributed by atoms with Gasteiger partial charge in [0.15, 0.2) is 5.78 Å². The molecule has 2 rings (SSSR count). The fourth-order valence-corrected chi connectivity index (χ4v) is 2.63. The summed E-state index contributed by atoms with van der Waals surface area (Å²) in [5, 5.41) is 9.29. The molecule has 3 heteroatoms. The van der Waals surface area contributed by atoms with Crippen molar-refractivity contribution in [2.24, 2.45) is 0 Å². The Balaban J connectivity index is 2.14. The lowest BCUT2D eigenvalue weighted by atomic mass is 9.74. The summed E-state index contributed by atoms with van der Waals surface area (Å²) in [6.07, 6.45) is 3.28. The SMILES string of the molecule is COC1(CC(=O)C(C#N)c2cccc(C)c2)CCC1. The fraction of sp³-hybridized carbons (Fsp3) is 0.500. The van der Waals surface area contributed by atoms with Gasteiger partial charge in [-0.3, -0.25) is 4.79 Å². The number of carbonyl (C=O) groups is 1. The largest absolute Gasteiger partial charge is 0.378 e. The lowest BCUT2D eigenvalue weighted by Gasteiger charge is -2.40. The fourth-order valence-electron chi connectivity index (χ4n) is 2.63. The number of ether oxygens (including phenoxy) is 1. The van der Waals surface area contributed by atoms with Gasteiger partial charge in [0.05, 0.1) is 11.7 Å². The number of hydrogen-bond acceptors (Lipinski definition) is 3. The van der Waals surface area contributed by atoms with Gasteiger partial charge in [0, 0.05) is 13.5 Å². The molecule has 0 aliphatic heterocycles. The summed E-state index contributed by atoms with van der Waals surface area (Å²) in [7, 11) is 1.65. The second-order valence-corrected chi connectivity index (χ2v) is 5.36. The van der Waals surface area contributed by atoms with Crippen LogP contribution in [-0.2, 0) is 9.53 Å². The maximum atomic E-state index is 12.4. The standard InChI is InChI=1S/C16H19NO2/c1-12-5-3-6-13(9-12)14(11-17)15(18)10-16(19-2)7-4-8-16/h3,5-6,9,14H,4,7-8,10H2,1-2H3. The molecule has 1 aromatic carbocycles. The molecule has 0 radical (unpaired) electrons. The minimum Gasteiger partial charge on any atom is -0.378 e. The molecule has 1 atom stereocenters. The molecule has 1 aliphatic rings. The number of aryl methyl sites for hydroxylation is 1. The Hall–Kier alpha value is -1.66. The van der Waals surface area contributed by atoms with Gasteiger partial charge in [-0.15, -0.1) is 0 Å². The van der Waals surface area contributed by atoms with Crippen LogP contribution in [0.4, 0.5) is 0 Å². The first-order valence-electron chi connectivity index (χ1n) is 6.64. The first kappa shape index (κ1) is 13.8. The van der Waals surface area contributed by atoms with Crippen molar-refractivity contribution >= 4 is 5.78 Å². The summed E-state index contributed by atoms with van der Waals surface area (Å²) < 4.78 is 5.47. The maximum absolute atomic E-state index is 12.4. The molecule has 0 amide bonds. The smallest absolute Gasteiger partial charge is 0.157 e. The number of methoxy groups -OCH3 is 1. The zero-order chi connectivity index (χ0) is 13.9. The third-order valence-corrected chi connectivity index (χ3v) is 4.02.